The van der Waals surface area contributed by atoms with E-state index in [2.05, 4.69) is 26.8 Å². The summed E-state index contributed by atoms with van der Waals surface area (Å²) >= 11 is 3.53. The molecule has 178 valence electrons. The lowest BCUT2D eigenvalue weighted by molar-refractivity contribution is -0.134. The van der Waals surface area contributed by atoms with Crippen molar-refractivity contribution >= 4 is 38.5 Å². The monoisotopic (exact) mass is 532 g/mol. The summed E-state index contributed by atoms with van der Waals surface area (Å²) in [5.74, 6) is 0.182. The Morgan fingerprint density at radius 1 is 0.829 bits per heavy atom. The summed E-state index contributed by atoms with van der Waals surface area (Å²) in [6, 6.07) is 29.1. The van der Waals surface area contributed by atoms with Crippen LogP contribution >= 0.6 is 15.9 Å². The van der Waals surface area contributed by atoms with E-state index in [1.54, 1.807) is 6.07 Å². The Morgan fingerprint density at radius 2 is 1.51 bits per heavy atom. The molecular formula is C28H25BrN2O4. The highest BCUT2D eigenvalue weighted by molar-refractivity contribution is 9.10. The minimum atomic E-state index is -0.756. The first kappa shape index (κ1) is 24.3. The van der Waals surface area contributed by atoms with E-state index in [1.165, 1.54) is 0 Å². The Hall–Kier alpha value is -3.84. The molecule has 1 unspecified atom stereocenters. The molecule has 0 aliphatic carbocycles. The van der Waals surface area contributed by atoms with Crippen molar-refractivity contribution in [2.75, 3.05) is 6.61 Å². The SMILES string of the molecule is CCC(Oc1ccc(-c2ccccc2)cc1)C(=O)NNC(=O)COc1ccc2ccccc2c1Br. The number of ether oxygens (including phenoxy) is 2. The lowest BCUT2D eigenvalue weighted by Gasteiger charge is -2.18. The van der Waals surface area contributed by atoms with Gasteiger partial charge in [0.05, 0.1) is 4.47 Å². The first-order valence-electron chi connectivity index (χ1n) is 11.3. The third-order valence-corrected chi connectivity index (χ3v) is 6.23. The van der Waals surface area contributed by atoms with E-state index in [1.807, 2.05) is 91.9 Å². The minimum absolute atomic E-state index is 0.254. The van der Waals surface area contributed by atoms with E-state index in [0.29, 0.717) is 17.9 Å². The average molecular weight is 533 g/mol. The third kappa shape index (κ3) is 6.19. The molecule has 0 fully saturated rings. The van der Waals surface area contributed by atoms with Gasteiger partial charge < -0.3 is 9.47 Å². The fraction of sp³-hybridized carbons (Fsp3) is 0.143. The van der Waals surface area contributed by atoms with Crippen molar-refractivity contribution < 1.29 is 19.1 Å². The van der Waals surface area contributed by atoms with Gasteiger partial charge in [0.15, 0.2) is 12.7 Å². The van der Waals surface area contributed by atoms with Crippen molar-refractivity contribution in [3.8, 4) is 22.6 Å². The van der Waals surface area contributed by atoms with Crippen molar-refractivity contribution in [1.82, 2.24) is 10.9 Å². The Labute approximate surface area is 212 Å². The summed E-state index contributed by atoms with van der Waals surface area (Å²) in [5, 5.41) is 2.04. The van der Waals surface area contributed by atoms with Crippen LogP contribution in [0.5, 0.6) is 11.5 Å². The summed E-state index contributed by atoms with van der Waals surface area (Å²) in [5.41, 5.74) is 6.96. The number of nitrogens with one attached hydrogen (secondary N) is 2. The molecule has 0 saturated carbocycles. The molecule has 4 aromatic rings. The second-order valence-corrected chi connectivity index (χ2v) is 8.62. The molecule has 0 bridgehead atoms. The van der Waals surface area contributed by atoms with Crippen LogP contribution in [0.15, 0.2) is 95.5 Å². The number of hydrazine groups is 1. The molecular weight excluding hydrogens is 508 g/mol. The number of amides is 2. The Morgan fingerprint density at radius 3 is 2.26 bits per heavy atom. The van der Waals surface area contributed by atoms with Gasteiger partial charge in [0.2, 0.25) is 0 Å². The highest BCUT2D eigenvalue weighted by Crippen LogP contribution is 2.33. The van der Waals surface area contributed by atoms with Gasteiger partial charge in [-0.1, -0.05) is 79.7 Å². The summed E-state index contributed by atoms with van der Waals surface area (Å²) in [4.78, 5) is 24.8. The van der Waals surface area contributed by atoms with Crippen LogP contribution in [0, 0.1) is 0 Å². The summed E-state index contributed by atoms with van der Waals surface area (Å²) < 4.78 is 12.2. The topological polar surface area (TPSA) is 76.7 Å². The first-order valence-corrected chi connectivity index (χ1v) is 12.1. The molecule has 35 heavy (non-hydrogen) atoms. The second-order valence-electron chi connectivity index (χ2n) is 7.83. The van der Waals surface area contributed by atoms with Crippen molar-refractivity contribution in [2.24, 2.45) is 0 Å². The molecule has 2 N–H and O–H groups in total. The van der Waals surface area contributed by atoms with Gasteiger partial charge >= 0.3 is 0 Å². The lowest BCUT2D eigenvalue weighted by atomic mass is 10.1. The maximum absolute atomic E-state index is 12.5. The van der Waals surface area contributed by atoms with Crippen LogP contribution in [-0.4, -0.2) is 24.5 Å². The second kappa shape index (κ2) is 11.5. The van der Waals surface area contributed by atoms with E-state index >= 15 is 0 Å². The Kier molecular flexibility index (Phi) is 8.00. The number of hydrogen-bond acceptors (Lipinski definition) is 4. The van der Waals surface area contributed by atoms with Crippen molar-refractivity contribution in [2.45, 2.75) is 19.4 Å². The quantitative estimate of drug-likeness (QED) is 0.287. The molecule has 0 spiro atoms. The lowest BCUT2D eigenvalue weighted by Crippen LogP contribution is -2.49. The van der Waals surface area contributed by atoms with E-state index in [4.69, 9.17) is 9.47 Å². The van der Waals surface area contributed by atoms with Crippen LogP contribution in [-0.2, 0) is 9.59 Å². The van der Waals surface area contributed by atoms with Gasteiger partial charge in [-0.25, -0.2) is 0 Å². The van der Waals surface area contributed by atoms with E-state index in [9.17, 15) is 9.59 Å². The Balaban J connectivity index is 1.27. The fourth-order valence-corrected chi connectivity index (χ4v) is 4.17. The maximum atomic E-state index is 12.5. The Bertz CT molecular complexity index is 1310. The van der Waals surface area contributed by atoms with Crippen LogP contribution in [0.4, 0.5) is 0 Å². The molecule has 6 nitrogen and oxygen atoms in total. The standard InChI is InChI=1S/C28H25BrN2O4/c1-2-24(35-22-15-12-20(13-16-22)19-8-4-3-5-9-19)28(33)31-30-26(32)18-34-25-17-14-21-10-6-7-11-23(21)27(25)29/h3-17,24H,2,18H2,1H3,(H,30,32)(H,31,33). The van der Waals surface area contributed by atoms with Crippen LogP contribution in [0.3, 0.4) is 0 Å². The number of hydrogen-bond donors (Lipinski definition) is 2. The van der Waals surface area contributed by atoms with Crippen LogP contribution < -0.4 is 20.3 Å². The van der Waals surface area contributed by atoms with Crippen LogP contribution in [0.25, 0.3) is 21.9 Å². The summed E-state index contributed by atoms with van der Waals surface area (Å²) in [6.07, 6.45) is -0.323. The highest BCUT2D eigenvalue weighted by Gasteiger charge is 2.19. The van der Waals surface area contributed by atoms with Gasteiger partial charge in [0.1, 0.15) is 11.5 Å². The molecule has 7 heteroatoms. The summed E-state index contributed by atoms with van der Waals surface area (Å²) in [7, 11) is 0. The molecule has 4 rings (SSSR count). The molecule has 0 aromatic heterocycles. The smallest absolute Gasteiger partial charge is 0.279 e. The number of halogens is 1. The number of carbonyl (C=O) groups is 2. The van der Waals surface area contributed by atoms with Crippen molar-refractivity contribution in [1.29, 1.82) is 0 Å². The van der Waals surface area contributed by atoms with Gasteiger partial charge in [-0.15, -0.1) is 0 Å². The normalized spacial score (nSPS) is 11.5. The first-order chi connectivity index (χ1) is 17.0. The number of fused-ring (bicyclic) bond motifs is 1. The molecule has 2 amide bonds. The van der Waals surface area contributed by atoms with Gasteiger partial charge in [0, 0.05) is 0 Å². The zero-order chi connectivity index (χ0) is 24.6. The molecule has 0 saturated heterocycles. The van der Waals surface area contributed by atoms with Crippen LogP contribution in [0.2, 0.25) is 0 Å². The van der Waals surface area contributed by atoms with Gasteiger partial charge in [0.25, 0.3) is 11.8 Å². The molecule has 0 radical (unpaired) electrons. The average Bonchev–Trinajstić information content (AvgIpc) is 2.91. The predicted octanol–water partition coefficient (Wildman–Crippen LogP) is 5.65. The van der Waals surface area contributed by atoms with E-state index < -0.39 is 17.9 Å². The minimum Gasteiger partial charge on any atom is -0.483 e. The van der Waals surface area contributed by atoms with E-state index in [0.717, 1.165) is 26.4 Å². The maximum Gasteiger partial charge on any atom is 0.279 e. The van der Waals surface area contributed by atoms with Crippen LogP contribution in [0.1, 0.15) is 13.3 Å². The molecule has 1 atom stereocenters. The predicted molar refractivity (Wildman–Crippen MR) is 140 cm³/mol. The zero-order valence-corrected chi connectivity index (χ0v) is 20.7. The molecule has 0 aliphatic heterocycles. The van der Waals surface area contributed by atoms with E-state index in [-0.39, 0.29) is 6.61 Å². The molecule has 0 aliphatic rings. The van der Waals surface area contributed by atoms with Gasteiger partial charge in [-0.05, 0) is 62.4 Å². The molecule has 0 heterocycles. The molecule has 4 aromatic carbocycles. The van der Waals surface area contributed by atoms with Crippen molar-refractivity contribution in [3.63, 3.8) is 0 Å². The largest absolute Gasteiger partial charge is 0.483 e. The van der Waals surface area contributed by atoms with Crippen molar-refractivity contribution in [3.05, 3.63) is 95.5 Å². The third-order valence-electron chi connectivity index (χ3n) is 5.41. The highest BCUT2D eigenvalue weighted by atomic mass is 79.9. The number of benzene rings is 4. The van der Waals surface area contributed by atoms with Gasteiger partial charge in [-0.3, -0.25) is 20.4 Å². The zero-order valence-electron chi connectivity index (χ0n) is 19.2. The van der Waals surface area contributed by atoms with Gasteiger partial charge in [-0.2, -0.15) is 0 Å². The summed E-state index contributed by atoms with van der Waals surface area (Å²) in [6.45, 7) is 1.58. The fourth-order valence-electron chi connectivity index (χ4n) is 3.56. The number of rotatable bonds is 8. The number of carbonyl (C=O) groups excluding carboxylic acids is 2.